The number of amides is 1. The zero-order valence-corrected chi connectivity index (χ0v) is 79.1. The molecule has 3 aliphatic heterocycles. The highest BCUT2D eigenvalue weighted by atomic mass is 36.0. The van der Waals surface area contributed by atoms with E-state index in [1.165, 1.54) is 36.7 Å². The van der Waals surface area contributed by atoms with Crippen LogP contribution in [0.4, 0.5) is 58.3 Å². The minimum atomic E-state index is -3.22. The van der Waals surface area contributed by atoms with E-state index in [0.29, 0.717) is 161 Å². The minimum Gasteiger partial charge on any atom is -0.466 e. The standard InChI is InChI=1S/C18H16N6O2.C11H11ClN4O.C10H13ClN2O2.C8H7ClN2O.C7H7BN2O3.C7H3Cl2N3.C7H4ClN3O.C5H4ClN3O2.C5H6ClN3.C2H6.CH4.Cl3OP/c19-18-22-14-9-11(1-4-15(14)26-18)12-2-3-13-17(21-12)23-16(10-20-13)24-5-7-25-8-6-24;12-9-2-1-8-11(14-9)15-10(7-13-8)16-3-5-17-6-4-16;1-2-15-9(14)6-4-7-3-5-8(11)13-10(7)12;9-6-3-1-5-2-4-7(12)11-8(5)10-6;9-7-10-5-3-4(8(11)12)1-2-6(5)13-7;8-5-2-1-4-7(11-5)12-6(9)3-10-4;8-5-2-1-4-7(10-5)11-6(12)3-9-4;6-4-2-1-3(7)5(8-4)9(10)11;6-4-2-1-3(7)5(8)9-4;1-2;;1-5(2,3)4/h1-4,9-10H,5-8H2,(H2,19,22);1-2,7H,3-6H2;3,5H,2,4,6H2,1H3,(H2,12,13);1,3H,2,4H2,(H,10,11,12);1-3,11-12H,(H2,9,10);1-3H;1-3H,(H,10,11,12);1-2H,7H2;1-2H,7H2,(H2,8,9);1-2H3;1H4;/i;;;;;;;;;1D;;. The summed E-state index contributed by atoms with van der Waals surface area (Å²) in [5.41, 5.74) is 43.9. The van der Waals surface area contributed by atoms with E-state index in [0.717, 1.165) is 90.9 Å². The predicted molar refractivity (Wildman–Crippen MR) is 530 cm³/mol. The normalized spacial score (nSPS) is 12.3. The zero-order valence-electron chi connectivity index (χ0n) is 70.9. The Bertz CT molecular complexity index is 6830. The number of aromatic nitrogens is 18. The van der Waals surface area contributed by atoms with E-state index in [4.69, 9.17) is 172 Å². The van der Waals surface area contributed by atoms with E-state index in [-0.39, 0.29) is 53.6 Å². The molecule has 2 fully saturated rings. The first-order valence-corrected chi connectivity index (χ1v) is 46.3. The van der Waals surface area contributed by atoms with Gasteiger partial charge < -0.3 is 97.7 Å². The van der Waals surface area contributed by atoms with Crippen LogP contribution in [-0.2, 0) is 41.2 Å². The highest BCUT2D eigenvalue weighted by molar-refractivity contribution is 8.24. The number of oxazole rings is 2. The average Bonchev–Trinajstić information content (AvgIpc) is 1.22. The van der Waals surface area contributed by atoms with Crippen LogP contribution in [0.15, 0.2) is 172 Å². The molecule has 135 heavy (non-hydrogen) atoms. The lowest BCUT2D eigenvalue weighted by Gasteiger charge is -2.27. The van der Waals surface area contributed by atoms with E-state index in [9.17, 15) is 29.1 Å². The molecule has 16 N–H and O–H groups in total. The Hall–Kier alpha value is -12.2. The summed E-state index contributed by atoms with van der Waals surface area (Å²) in [5.74, 6) is 2.29. The molecule has 1 amide bonds. The van der Waals surface area contributed by atoms with Crippen LogP contribution in [0, 0.1) is 10.1 Å². The summed E-state index contributed by atoms with van der Waals surface area (Å²) >= 11 is 58.7. The third kappa shape index (κ3) is 35.2. The van der Waals surface area contributed by atoms with Gasteiger partial charge in [0.2, 0.25) is 11.1 Å². The van der Waals surface area contributed by atoms with Crippen LogP contribution >= 0.6 is 132 Å². The molecule has 41 nitrogen and oxygen atoms in total. The van der Waals surface area contributed by atoms with Gasteiger partial charge in [-0.15, -0.1) is 0 Å². The second-order valence-electron chi connectivity index (χ2n) is 26.5. The van der Waals surface area contributed by atoms with Crippen molar-refractivity contribution in [1.82, 2.24) is 89.7 Å². The largest absolute Gasteiger partial charge is 0.488 e. The van der Waals surface area contributed by atoms with Gasteiger partial charge >= 0.3 is 24.1 Å². The number of hydrogen-bond acceptors (Lipinski definition) is 38. The Morgan fingerprint density at radius 1 is 0.541 bits per heavy atom. The quantitative estimate of drug-likeness (QED) is 0.0160. The fourth-order valence-electron chi connectivity index (χ4n) is 11.2. The van der Waals surface area contributed by atoms with Crippen molar-refractivity contribution in [2.75, 3.05) is 109 Å². The highest BCUT2D eigenvalue weighted by Gasteiger charge is 2.21. The van der Waals surface area contributed by atoms with Crippen molar-refractivity contribution in [1.29, 1.82) is 0 Å². The predicted octanol–water partition coefficient (Wildman–Crippen LogP) is 16.2. The van der Waals surface area contributed by atoms with Crippen molar-refractivity contribution >= 4 is 281 Å². The molecule has 14 aromatic heterocycles. The molecule has 16 aromatic rings. The summed E-state index contributed by atoms with van der Waals surface area (Å²) in [5, 5.41) is 30.0. The van der Waals surface area contributed by atoms with Gasteiger partial charge in [-0.25, -0.2) is 69.8 Å². The SMILES string of the molecule is C.CCOC(=O)CCc1ccc(Cl)nc1N.Clc1ccc2ncc(Cl)nc2n1.Clc1ccc2ncc(N3CCOCC3)nc2n1.Nc1ccc(Cl)nc1N.Nc1ccc(Cl)nc1[N+](=O)[O-].Nc1nc2cc(-c3ccc4ncc(N5CCOCC5)nc4n3)ccc2o1.Nc1nc2cc(B(O)O)ccc2o1.O=C1CCc2ccc(Cl)nc2N1.O=P(Cl)(Cl)Cl.O=c1cnc2ccc(Cl)nc2[nH]1.[2H]CC. The lowest BCUT2D eigenvalue weighted by Crippen LogP contribution is -2.36. The second-order valence-corrected chi connectivity index (χ2v) is 36.2. The number of hydrogen-bond donors (Lipinski definition) is 10. The number of benzene rings is 2. The van der Waals surface area contributed by atoms with Crippen molar-refractivity contribution in [3.05, 3.63) is 231 Å². The smallest absolute Gasteiger partial charge is 0.466 e. The van der Waals surface area contributed by atoms with Gasteiger partial charge in [-0.1, -0.05) is 121 Å². The molecule has 0 radical (unpaired) electrons. The monoisotopic (exact) mass is 2080 g/mol. The topological polar surface area (TPSA) is 615 Å². The molecule has 0 unspecified atom stereocenters. The maximum atomic E-state index is 11.1. The molecular formula is C81H81BCl11N28O13P. The van der Waals surface area contributed by atoms with Crippen LogP contribution in [0.25, 0.3) is 78.1 Å². The van der Waals surface area contributed by atoms with E-state index in [1.807, 2.05) is 42.5 Å². The number of aryl methyl sites for hydroxylation is 2. The van der Waals surface area contributed by atoms with Crippen LogP contribution in [0.5, 0.6) is 0 Å². The summed E-state index contributed by atoms with van der Waals surface area (Å²) in [7, 11) is -1.50. The summed E-state index contributed by atoms with van der Waals surface area (Å²) in [6.45, 7) is 10.6. The van der Waals surface area contributed by atoms with Gasteiger partial charge in [-0.2, -0.15) is 9.97 Å². The number of anilines is 9. The third-order valence-electron chi connectivity index (χ3n) is 17.3. The fourth-order valence-corrected chi connectivity index (χ4v) is 12.4. The van der Waals surface area contributed by atoms with Crippen LogP contribution in [-0.4, -0.2) is 183 Å². The fraction of sp³-hybridized carbons (Fsp3) is 0.210. The Kier molecular flexibility index (Phi) is 42.0. The number of carbonyl (C=O) groups is 2. The molecule has 17 heterocycles. The number of ether oxygens (including phenoxy) is 3. The average molecular weight is 2090 g/mol. The van der Waals surface area contributed by atoms with Gasteiger partial charge in [0.15, 0.2) is 33.8 Å². The molecule has 3 aliphatic rings. The van der Waals surface area contributed by atoms with Gasteiger partial charge in [0, 0.05) is 52.0 Å². The Labute approximate surface area is 823 Å². The molecule has 54 heteroatoms. The number of nitrogens with one attached hydrogen (secondary N) is 2. The lowest BCUT2D eigenvalue weighted by atomic mass is 9.80. The number of nitro groups is 1. The van der Waals surface area contributed by atoms with Crippen LogP contribution < -0.4 is 60.5 Å². The Morgan fingerprint density at radius 2 is 1.00 bits per heavy atom. The molecule has 708 valence electrons. The van der Waals surface area contributed by atoms with Crippen LogP contribution in [0.1, 0.15) is 53.5 Å². The van der Waals surface area contributed by atoms with Gasteiger partial charge in [0.05, 0.1) is 69.2 Å². The molecular weight excluding hydrogens is 2000 g/mol. The van der Waals surface area contributed by atoms with E-state index in [1.54, 1.807) is 93.0 Å². The van der Waals surface area contributed by atoms with Crippen molar-refractivity contribution in [2.24, 2.45) is 0 Å². The second kappa shape index (κ2) is 53.2. The van der Waals surface area contributed by atoms with Crippen molar-refractivity contribution in [3.63, 3.8) is 0 Å². The van der Waals surface area contributed by atoms with E-state index < -0.39 is 23.1 Å². The number of morpholine rings is 2. The number of rotatable bonds is 9. The summed E-state index contributed by atoms with van der Waals surface area (Å²) in [6.07, 6.45) is 8.36. The number of carbonyl (C=O) groups excluding carboxylic acids is 2. The van der Waals surface area contributed by atoms with E-state index in [2.05, 4.69) is 129 Å². The molecule has 2 saturated heterocycles. The van der Waals surface area contributed by atoms with Crippen LogP contribution in [0.2, 0.25) is 41.2 Å². The number of pyridine rings is 8. The first-order chi connectivity index (χ1) is 64.4. The van der Waals surface area contributed by atoms with E-state index >= 15 is 0 Å². The van der Waals surface area contributed by atoms with Crippen molar-refractivity contribution in [3.8, 4) is 11.3 Å². The highest BCUT2D eigenvalue weighted by Crippen LogP contribution is 2.61. The molecule has 0 atom stereocenters. The number of H-pyrrole nitrogens is 1. The molecule has 0 saturated carbocycles. The number of halogens is 11. The number of aromatic amines is 1. The van der Waals surface area contributed by atoms with Gasteiger partial charge in [-0.3, -0.25) is 18.9 Å². The first-order valence-electron chi connectivity index (χ1n) is 39.6. The molecule has 19 rings (SSSR count). The van der Waals surface area contributed by atoms with Crippen molar-refractivity contribution in [2.45, 2.75) is 53.9 Å². The van der Waals surface area contributed by atoms with Gasteiger partial charge in [0.25, 0.3) is 17.6 Å². The number of nitrogens with two attached hydrogens (primary N) is 6. The number of esters is 1. The van der Waals surface area contributed by atoms with Crippen LogP contribution in [0.3, 0.4) is 0 Å². The van der Waals surface area contributed by atoms with Gasteiger partial charge in [0.1, 0.15) is 104 Å². The number of nitrogens with zero attached hydrogens (tertiary/aromatic N) is 20. The molecule has 0 spiro atoms. The van der Waals surface area contributed by atoms with Crippen molar-refractivity contribution < 1.29 is 53.5 Å². The number of nitrogen functional groups attached to an aromatic ring is 6. The maximum Gasteiger partial charge on any atom is 0.488 e. The summed E-state index contributed by atoms with van der Waals surface area (Å²) < 4.78 is 41.5. The molecule has 0 bridgehead atoms. The first kappa shape index (κ1) is 106. The minimum absolute atomic E-state index is 0. The lowest BCUT2D eigenvalue weighted by molar-refractivity contribution is -0.388. The summed E-state index contributed by atoms with van der Waals surface area (Å²) in [6, 6.07) is 37.6. The Balaban J connectivity index is 0.000000189. The molecule has 0 aliphatic carbocycles. The molecule has 2 aromatic carbocycles. The Morgan fingerprint density at radius 3 is 1.54 bits per heavy atom. The van der Waals surface area contributed by atoms with Gasteiger partial charge in [-0.05, 0) is 201 Å². The number of fused-ring (bicyclic) bond motifs is 7. The zero-order chi connectivity index (χ0) is 98.0. The third-order valence-corrected chi connectivity index (χ3v) is 18.9. The summed E-state index contributed by atoms with van der Waals surface area (Å²) in [4.78, 5) is 119. The maximum absolute atomic E-state index is 11.1.